The Morgan fingerprint density at radius 2 is 2.08 bits per heavy atom. The molecule has 3 heterocycles. The third kappa shape index (κ3) is 3.33. The molecule has 0 spiro atoms. The Hall–Kier alpha value is -2.35. The number of hydrogen-bond acceptors (Lipinski definition) is 5. The number of ether oxygens (including phenoxy) is 2. The van der Waals surface area contributed by atoms with E-state index in [1.165, 1.54) is 5.56 Å². The van der Waals surface area contributed by atoms with Crippen LogP contribution in [0.3, 0.4) is 0 Å². The highest BCUT2D eigenvalue weighted by molar-refractivity contribution is 6.10. The molecule has 0 radical (unpaired) electrons. The van der Waals surface area contributed by atoms with E-state index < -0.39 is 6.16 Å². The van der Waals surface area contributed by atoms with Crippen LogP contribution in [-0.2, 0) is 11.3 Å². The third-order valence-corrected chi connectivity index (χ3v) is 4.63. The van der Waals surface area contributed by atoms with Crippen molar-refractivity contribution < 1.29 is 19.4 Å². The van der Waals surface area contributed by atoms with Crippen molar-refractivity contribution >= 4 is 40.4 Å². The molecular formula is C18H20ClN3O4. The molecule has 8 heteroatoms. The van der Waals surface area contributed by atoms with Gasteiger partial charge in [-0.3, -0.25) is 4.90 Å². The first-order valence-corrected chi connectivity index (χ1v) is 8.23. The van der Waals surface area contributed by atoms with Crippen LogP contribution in [0.5, 0.6) is 5.88 Å². The summed E-state index contributed by atoms with van der Waals surface area (Å²) < 4.78 is 10.2. The van der Waals surface area contributed by atoms with Gasteiger partial charge in [0.2, 0.25) is 5.88 Å². The van der Waals surface area contributed by atoms with Gasteiger partial charge in [0.25, 0.3) is 0 Å². The van der Waals surface area contributed by atoms with Gasteiger partial charge in [0.15, 0.2) is 0 Å². The number of halogens is 1. The zero-order valence-electron chi connectivity index (χ0n) is 14.3. The number of fused-ring (bicyclic) bond motifs is 3. The lowest BCUT2D eigenvalue weighted by molar-refractivity contribution is 0.0344. The fourth-order valence-corrected chi connectivity index (χ4v) is 3.47. The van der Waals surface area contributed by atoms with Gasteiger partial charge in [-0.2, -0.15) is 0 Å². The van der Waals surface area contributed by atoms with Crippen LogP contribution in [0.1, 0.15) is 11.1 Å². The fraction of sp³-hybridized carbons (Fsp3) is 0.333. The molecule has 1 saturated heterocycles. The van der Waals surface area contributed by atoms with Crippen molar-refractivity contribution in [3.8, 4) is 5.88 Å². The molecule has 0 unspecified atom stereocenters. The summed E-state index contributed by atoms with van der Waals surface area (Å²) in [4.78, 5) is 20.8. The quantitative estimate of drug-likeness (QED) is 0.681. The van der Waals surface area contributed by atoms with Gasteiger partial charge in [0.1, 0.15) is 0 Å². The molecule has 1 aliphatic heterocycles. The van der Waals surface area contributed by atoms with Gasteiger partial charge < -0.3 is 19.6 Å². The van der Waals surface area contributed by atoms with E-state index in [4.69, 9.17) is 14.6 Å². The maximum absolute atomic E-state index is 10.9. The Labute approximate surface area is 156 Å². The number of nitrogens with zero attached hydrogens (tertiary/aromatic N) is 2. The summed E-state index contributed by atoms with van der Waals surface area (Å²) in [5, 5.41) is 11.0. The van der Waals surface area contributed by atoms with Crippen molar-refractivity contribution in [1.29, 1.82) is 0 Å². The molecule has 0 aliphatic carbocycles. The lowest BCUT2D eigenvalue weighted by Gasteiger charge is -2.26. The molecule has 2 aromatic heterocycles. The van der Waals surface area contributed by atoms with E-state index in [2.05, 4.69) is 20.9 Å². The Bertz CT molecular complexity index is 950. The molecule has 0 amide bonds. The molecule has 1 aliphatic rings. The van der Waals surface area contributed by atoms with Gasteiger partial charge in [-0.15, -0.1) is 12.4 Å². The number of carboxylic acid groups (broad SMARTS) is 1. The molecule has 26 heavy (non-hydrogen) atoms. The smallest absolute Gasteiger partial charge is 0.449 e. The van der Waals surface area contributed by atoms with E-state index in [1.54, 1.807) is 6.20 Å². The standard InChI is InChI=1S/C18H19N3O4.ClH/c1-11-15-14(9-19-17(11)25-18(22)23)20-13-4-2-3-12(16(13)15)10-21-5-7-24-8-6-21;/h2-4,9,20H,5-8,10H2,1H3,(H,22,23);1H. The van der Waals surface area contributed by atoms with E-state index >= 15 is 0 Å². The Kier molecular flexibility index (Phi) is 5.31. The van der Waals surface area contributed by atoms with Crippen molar-refractivity contribution in [1.82, 2.24) is 14.9 Å². The highest BCUT2D eigenvalue weighted by atomic mass is 35.5. The zero-order valence-corrected chi connectivity index (χ0v) is 15.1. The first-order valence-electron chi connectivity index (χ1n) is 8.23. The minimum atomic E-state index is -1.36. The zero-order chi connectivity index (χ0) is 17.4. The number of carbonyl (C=O) groups is 1. The predicted octanol–water partition coefficient (Wildman–Crippen LogP) is 3.34. The molecule has 3 aromatic rings. The topological polar surface area (TPSA) is 87.7 Å². The number of aromatic amines is 1. The molecule has 1 aromatic carbocycles. The van der Waals surface area contributed by atoms with E-state index in [-0.39, 0.29) is 18.3 Å². The predicted molar refractivity (Wildman–Crippen MR) is 100 cm³/mol. The second-order valence-electron chi connectivity index (χ2n) is 6.20. The van der Waals surface area contributed by atoms with Crippen molar-refractivity contribution in [3.63, 3.8) is 0 Å². The van der Waals surface area contributed by atoms with E-state index in [1.807, 2.05) is 19.1 Å². The van der Waals surface area contributed by atoms with Crippen LogP contribution in [-0.4, -0.2) is 52.4 Å². The van der Waals surface area contributed by atoms with Gasteiger partial charge in [0, 0.05) is 41.5 Å². The van der Waals surface area contributed by atoms with Gasteiger partial charge >= 0.3 is 6.16 Å². The second kappa shape index (κ2) is 7.49. The number of benzene rings is 1. The Morgan fingerprint density at radius 3 is 2.81 bits per heavy atom. The van der Waals surface area contributed by atoms with Gasteiger partial charge in [-0.25, -0.2) is 9.78 Å². The van der Waals surface area contributed by atoms with Crippen molar-refractivity contribution in [2.45, 2.75) is 13.5 Å². The number of rotatable bonds is 3. The number of aromatic nitrogens is 2. The summed E-state index contributed by atoms with van der Waals surface area (Å²) >= 11 is 0. The molecule has 0 saturated carbocycles. The highest BCUT2D eigenvalue weighted by Crippen LogP contribution is 2.34. The maximum atomic E-state index is 10.9. The number of pyridine rings is 1. The average molecular weight is 378 g/mol. The SMILES string of the molecule is Cc1c(OC(=O)O)ncc2[nH]c3cccc(CN4CCOCC4)c3c12.Cl. The van der Waals surface area contributed by atoms with Crippen LogP contribution in [0, 0.1) is 6.92 Å². The number of aryl methyl sites for hydroxylation is 1. The molecular weight excluding hydrogens is 358 g/mol. The number of H-pyrrole nitrogens is 1. The van der Waals surface area contributed by atoms with Crippen molar-refractivity contribution in [3.05, 3.63) is 35.5 Å². The number of nitrogens with one attached hydrogen (secondary N) is 1. The lowest BCUT2D eigenvalue weighted by Crippen LogP contribution is -2.35. The largest absolute Gasteiger partial charge is 0.512 e. The van der Waals surface area contributed by atoms with Crippen LogP contribution >= 0.6 is 12.4 Å². The molecule has 0 bridgehead atoms. The monoisotopic (exact) mass is 377 g/mol. The summed E-state index contributed by atoms with van der Waals surface area (Å²) in [6.45, 7) is 5.99. The Balaban J connectivity index is 0.00000196. The summed E-state index contributed by atoms with van der Waals surface area (Å²) in [5.41, 5.74) is 3.81. The van der Waals surface area contributed by atoms with Crippen LogP contribution in [0.4, 0.5) is 4.79 Å². The van der Waals surface area contributed by atoms with Crippen LogP contribution in [0.15, 0.2) is 24.4 Å². The lowest BCUT2D eigenvalue weighted by atomic mass is 10.0. The second-order valence-corrected chi connectivity index (χ2v) is 6.20. The molecule has 0 atom stereocenters. The average Bonchev–Trinajstić information content (AvgIpc) is 2.98. The minimum absolute atomic E-state index is 0. The van der Waals surface area contributed by atoms with Crippen LogP contribution in [0.25, 0.3) is 21.8 Å². The maximum Gasteiger partial charge on any atom is 0.512 e. The molecule has 2 N–H and O–H groups in total. The van der Waals surface area contributed by atoms with Crippen molar-refractivity contribution in [2.24, 2.45) is 0 Å². The normalized spacial score (nSPS) is 15.1. The van der Waals surface area contributed by atoms with Gasteiger partial charge in [0.05, 0.1) is 24.9 Å². The van der Waals surface area contributed by atoms with Crippen LogP contribution < -0.4 is 4.74 Å². The molecule has 138 valence electrons. The first kappa shape index (κ1) is 18.4. The van der Waals surface area contributed by atoms with Gasteiger partial charge in [-0.1, -0.05) is 12.1 Å². The molecule has 7 nitrogen and oxygen atoms in total. The summed E-state index contributed by atoms with van der Waals surface area (Å²) in [6.07, 6.45) is 0.266. The van der Waals surface area contributed by atoms with Crippen LogP contribution in [0.2, 0.25) is 0 Å². The minimum Gasteiger partial charge on any atom is -0.449 e. The summed E-state index contributed by atoms with van der Waals surface area (Å²) in [5.74, 6) is 0.127. The summed E-state index contributed by atoms with van der Waals surface area (Å²) in [6, 6.07) is 6.17. The summed E-state index contributed by atoms with van der Waals surface area (Å²) in [7, 11) is 0. The Morgan fingerprint density at radius 1 is 1.31 bits per heavy atom. The van der Waals surface area contributed by atoms with E-state index in [0.29, 0.717) is 0 Å². The fourth-order valence-electron chi connectivity index (χ4n) is 3.47. The first-order chi connectivity index (χ1) is 12.1. The van der Waals surface area contributed by atoms with Gasteiger partial charge in [-0.05, 0) is 18.6 Å². The highest BCUT2D eigenvalue weighted by Gasteiger charge is 2.18. The van der Waals surface area contributed by atoms with E-state index in [0.717, 1.165) is 60.2 Å². The molecule has 4 rings (SSSR count). The number of morpholine rings is 1. The third-order valence-electron chi connectivity index (χ3n) is 4.63. The molecule has 1 fully saturated rings. The van der Waals surface area contributed by atoms with E-state index in [9.17, 15) is 4.79 Å². The van der Waals surface area contributed by atoms with Crippen molar-refractivity contribution in [2.75, 3.05) is 26.3 Å². The number of hydrogen-bond donors (Lipinski definition) is 2.